The van der Waals surface area contributed by atoms with Crippen molar-refractivity contribution in [2.45, 2.75) is 25.9 Å². The Morgan fingerprint density at radius 3 is 2.32 bits per heavy atom. The third kappa shape index (κ3) is 4.19. The minimum absolute atomic E-state index is 0.270. The fourth-order valence-electron chi connectivity index (χ4n) is 3.05. The summed E-state index contributed by atoms with van der Waals surface area (Å²) in [5.74, 6) is 0. The van der Waals surface area contributed by atoms with Crippen LogP contribution in [0.1, 0.15) is 31.0 Å². The van der Waals surface area contributed by atoms with Crippen LogP contribution in [0, 0.1) is 0 Å². The second kappa shape index (κ2) is 8.47. The van der Waals surface area contributed by atoms with Gasteiger partial charge in [-0.1, -0.05) is 65.3 Å². The molecule has 2 aromatic rings. The first-order chi connectivity index (χ1) is 10.7. The zero-order valence-corrected chi connectivity index (χ0v) is 15.2. The van der Waals surface area contributed by atoms with E-state index in [0.29, 0.717) is 6.04 Å². The average Bonchev–Trinajstić information content (AvgIpc) is 2.53. The molecule has 0 radical (unpaired) electrons. The molecule has 0 aromatic heterocycles. The Morgan fingerprint density at radius 1 is 1.05 bits per heavy atom. The first kappa shape index (κ1) is 17.2. The smallest absolute Gasteiger partial charge is 0.0604 e. The Hall–Kier alpha value is -1.16. The molecule has 0 heterocycles. The highest BCUT2D eigenvalue weighted by atomic mass is 79.9. The maximum Gasteiger partial charge on any atom is 0.0604 e. The molecule has 2 unspecified atom stereocenters. The van der Waals surface area contributed by atoms with Gasteiger partial charge in [0.15, 0.2) is 0 Å². The van der Waals surface area contributed by atoms with Crippen molar-refractivity contribution in [1.82, 2.24) is 10.2 Å². The predicted octanol–water partition coefficient (Wildman–Crippen LogP) is 4.47. The van der Waals surface area contributed by atoms with Crippen molar-refractivity contribution in [1.29, 1.82) is 0 Å². The predicted molar refractivity (Wildman–Crippen MR) is 98.2 cm³/mol. The van der Waals surface area contributed by atoms with Gasteiger partial charge in [0.25, 0.3) is 0 Å². The van der Waals surface area contributed by atoms with Crippen LogP contribution in [0.25, 0.3) is 0 Å². The lowest BCUT2D eigenvalue weighted by atomic mass is 9.95. The van der Waals surface area contributed by atoms with E-state index in [-0.39, 0.29) is 6.04 Å². The zero-order chi connectivity index (χ0) is 15.9. The highest BCUT2D eigenvalue weighted by molar-refractivity contribution is 9.10. The fourth-order valence-corrected chi connectivity index (χ4v) is 3.47. The molecular weight excluding hydrogens is 336 g/mol. The zero-order valence-electron chi connectivity index (χ0n) is 13.6. The van der Waals surface area contributed by atoms with E-state index in [1.807, 2.05) is 7.05 Å². The highest BCUT2D eigenvalue weighted by Gasteiger charge is 2.25. The number of nitrogens with zero attached hydrogens (tertiary/aromatic N) is 1. The van der Waals surface area contributed by atoms with Crippen LogP contribution in [0.3, 0.4) is 0 Å². The van der Waals surface area contributed by atoms with Crippen molar-refractivity contribution in [3.8, 4) is 0 Å². The van der Waals surface area contributed by atoms with Gasteiger partial charge in [-0.05, 0) is 43.8 Å². The van der Waals surface area contributed by atoms with Crippen molar-refractivity contribution in [2.75, 3.05) is 20.1 Å². The number of hydrogen-bond donors (Lipinski definition) is 1. The summed E-state index contributed by atoms with van der Waals surface area (Å²) in [5.41, 5.74) is 2.66. The molecule has 3 heteroatoms. The maximum absolute atomic E-state index is 3.61. The van der Waals surface area contributed by atoms with E-state index in [4.69, 9.17) is 0 Å². The summed E-state index contributed by atoms with van der Waals surface area (Å²) in [4.78, 5) is 2.55. The molecule has 0 bridgehead atoms. The fraction of sp³-hybridized carbons (Fsp3) is 0.368. The summed E-state index contributed by atoms with van der Waals surface area (Å²) in [6.45, 7) is 6.51. The quantitative estimate of drug-likeness (QED) is 0.783. The van der Waals surface area contributed by atoms with E-state index in [1.165, 1.54) is 11.1 Å². The number of halogens is 1. The number of hydrogen-bond acceptors (Lipinski definition) is 2. The molecule has 118 valence electrons. The number of benzene rings is 2. The van der Waals surface area contributed by atoms with Gasteiger partial charge in [0.2, 0.25) is 0 Å². The van der Waals surface area contributed by atoms with E-state index in [0.717, 1.165) is 17.6 Å². The Kier molecular flexibility index (Phi) is 6.62. The maximum atomic E-state index is 3.61. The first-order valence-electron chi connectivity index (χ1n) is 7.88. The van der Waals surface area contributed by atoms with Crippen LogP contribution in [-0.2, 0) is 0 Å². The van der Waals surface area contributed by atoms with Crippen LogP contribution in [0.15, 0.2) is 59.1 Å². The lowest BCUT2D eigenvalue weighted by Gasteiger charge is -2.36. The second-order valence-electron chi connectivity index (χ2n) is 5.61. The van der Waals surface area contributed by atoms with Crippen molar-refractivity contribution < 1.29 is 0 Å². The first-order valence-corrected chi connectivity index (χ1v) is 8.67. The normalized spacial score (nSPS) is 14.0. The number of likely N-dealkylation sites (N-methyl/N-ethyl adjacent to an activating group) is 2. The van der Waals surface area contributed by atoms with Crippen LogP contribution < -0.4 is 5.32 Å². The van der Waals surface area contributed by atoms with Crippen molar-refractivity contribution in [3.63, 3.8) is 0 Å². The van der Waals surface area contributed by atoms with Crippen LogP contribution in [0.4, 0.5) is 0 Å². The Labute approximate surface area is 142 Å². The van der Waals surface area contributed by atoms with Crippen LogP contribution in [-0.4, -0.2) is 31.1 Å². The molecule has 0 fully saturated rings. The second-order valence-corrected chi connectivity index (χ2v) is 6.52. The minimum atomic E-state index is 0.270. The van der Waals surface area contributed by atoms with E-state index in [2.05, 4.69) is 94.6 Å². The van der Waals surface area contributed by atoms with Crippen LogP contribution >= 0.6 is 15.9 Å². The molecule has 0 aliphatic carbocycles. The van der Waals surface area contributed by atoms with Crippen molar-refractivity contribution in [3.05, 3.63) is 70.2 Å². The summed E-state index contributed by atoms with van der Waals surface area (Å²) in [6, 6.07) is 20.1. The molecule has 0 aliphatic heterocycles. The lowest BCUT2D eigenvalue weighted by molar-refractivity contribution is 0.174. The molecule has 0 amide bonds. The van der Waals surface area contributed by atoms with Crippen LogP contribution in [0.2, 0.25) is 0 Å². The molecule has 2 aromatic carbocycles. The van der Waals surface area contributed by atoms with Gasteiger partial charge in [-0.3, -0.25) is 4.90 Å². The Morgan fingerprint density at radius 2 is 1.73 bits per heavy atom. The Balaban J connectivity index is 2.45. The van der Waals surface area contributed by atoms with Gasteiger partial charge in [0, 0.05) is 17.1 Å². The monoisotopic (exact) mass is 360 g/mol. The van der Waals surface area contributed by atoms with Crippen molar-refractivity contribution >= 4 is 15.9 Å². The van der Waals surface area contributed by atoms with Crippen LogP contribution in [0.5, 0.6) is 0 Å². The average molecular weight is 361 g/mol. The number of nitrogens with one attached hydrogen (secondary N) is 1. The number of rotatable bonds is 7. The lowest BCUT2D eigenvalue weighted by Crippen LogP contribution is -2.42. The summed E-state index contributed by atoms with van der Waals surface area (Å²) in [7, 11) is 2.01. The molecule has 0 spiro atoms. The molecule has 2 nitrogen and oxygen atoms in total. The van der Waals surface area contributed by atoms with E-state index in [1.54, 1.807) is 0 Å². The summed E-state index contributed by atoms with van der Waals surface area (Å²) < 4.78 is 1.13. The van der Waals surface area contributed by atoms with Gasteiger partial charge >= 0.3 is 0 Å². The topological polar surface area (TPSA) is 15.3 Å². The Bertz CT molecular complexity index is 571. The van der Waals surface area contributed by atoms with Gasteiger partial charge in [-0.15, -0.1) is 0 Å². The SMILES string of the molecule is CCN(C(C)CNC)C(c1ccccc1)c1cccc(Br)c1. The molecular formula is C19H25BrN2. The summed E-state index contributed by atoms with van der Waals surface area (Å²) in [5, 5.41) is 3.30. The molecule has 0 saturated carbocycles. The molecule has 2 rings (SSSR count). The van der Waals surface area contributed by atoms with Gasteiger partial charge in [0.1, 0.15) is 0 Å². The van der Waals surface area contributed by atoms with Gasteiger partial charge in [-0.2, -0.15) is 0 Å². The molecule has 22 heavy (non-hydrogen) atoms. The third-order valence-corrected chi connectivity index (χ3v) is 4.54. The molecule has 2 atom stereocenters. The largest absolute Gasteiger partial charge is 0.318 e. The minimum Gasteiger partial charge on any atom is -0.318 e. The molecule has 1 N–H and O–H groups in total. The van der Waals surface area contributed by atoms with Gasteiger partial charge in [-0.25, -0.2) is 0 Å². The van der Waals surface area contributed by atoms with Gasteiger partial charge in [0.05, 0.1) is 6.04 Å². The molecule has 0 aliphatic rings. The van der Waals surface area contributed by atoms with E-state index >= 15 is 0 Å². The standard InChI is InChI=1S/C19H25BrN2/c1-4-22(15(2)14-21-3)19(16-9-6-5-7-10-16)17-11-8-12-18(20)13-17/h5-13,15,19,21H,4,14H2,1-3H3. The highest BCUT2D eigenvalue weighted by Crippen LogP contribution is 2.31. The third-order valence-electron chi connectivity index (χ3n) is 4.04. The summed E-state index contributed by atoms with van der Waals surface area (Å²) in [6.07, 6.45) is 0. The van der Waals surface area contributed by atoms with Crippen molar-refractivity contribution in [2.24, 2.45) is 0 Å². The van der Waals surface area contributed by atoms with E-state index < -0.39 is 0 Å². The van der Waals surface area contributed by atoms with Gasteiger partial charge < -0.3 is 5.32 Å². The summed E-state index contributed by atoms with van der Waals surface area (Å²) >= 11 is 3.61. The molecule has 0 saturated heterocycles. The van der Waals surface area contributed by atoms with E-state index in [9.17, 15) is 0 Å².